The SMILES string of the molecule is C/C=C\C(=C/C)c1cc(Br)nc(-c2ccccc2)c1. The van der Waals surface area contributed by atoms with E-state index in [4.69, 9.17) is 0 Å². The van der Waals surface area contributed by atoms with Gasteiger partial charge in [-0.1, -0.05) is 48.6 Å². The molecule has 0 unspecified atom stereocenters. The number of hydrogen-bond acceptors (Lipinski definition) is 1. The maximum atomic E-state index is 4.55. The molecule has 0 radical (unpaired) electrons. The minimum absolute atomic E-state index is 0.854. The molecule has 1 nitrogen and oxygen atoms in total. The Labute approximate surface area is 122 Å². The van der Waals surface area contributed by atoms with E-state index in [1.807, 2.05) is 44.2 Å². The van der Waals surface area contributed by atoms with Crippen molar-refractivity contribution in [1.82, 2.24) is 4.98 Å². The first-order valence-electron chi connectivity index (χ1n) is 6.27. The van der Waals surface area contributed by atoms with Gasteiger partial charge in [-0.2, -0.15) is 0 Å². The molecule has 0 aliphatic carbocycles. The first-order chi connectivity index (χ1) is 9.24. The van der Waals surface area contributed by atoms with Crippen molar-refractivity contribution in [2.75, 3.05) is 0 Å². The highest BCUT2D eigenvalue weighted by atomic mass is 79.9. The Balaban J connectivity index is 2.52. The molecule has 96 valence electrons. The third-order valence-electron chi connectivity index (χ3n) is 2.85. The van der Waals surface area contributed by atoms with Crippen molar-refractivity contribution < 1.29 is 0 Å². The molecule has 0 saturated carbocycles. The van der Waals surface area contributed by atoms with E-state index in [0.29, 0.717) is 0 Å². The van der Waals surface area contributed by atoms with E-state index in [1.54, 1.807) is 0 Å². The summed E-state index contributed by atoms with van der Waals surface area (Å²) < 4.78 is 0.854. The lowest BCUT2D eigenvalue weighted by molar-refractivity contribution is 1.27. The molecule has 1 aromatic carbocycles. The number of benzene rings is 1. The average Bonchev–Trinajstić information content (AvgIpc) is 2.45. The van der Waals surface area contributed by atoms with E-state index in [0.717, 1.165) is 15.9 Å². The summed E-state index contributed by atoms with van der Waals surface area (Å²) >= 11 is 3.50. The van der Waals surface area contributed by atoms with Crippen LogP contribution >= 0.6 is 15.9 Å². The van der Waals surface area contributed by atoms with Crippen molar-refractivity contribution >= 4 is 21.5 Å². The van der Waals surface area contributed by atoms with E-state index >= 15 is 0 Å². The number of hydrogen-bond donors (Lipinski definition) is 0. The van der Waals surface area contributed by atoms with Gasteiger partial charge in [0.15, 0.2) is 0 Å². The molecule has 0 atom stereocenters. The second-order valence-electron chi connectivity index (χ2n) is 4.17. The fourth-order valence-electron chi connectivity index (χ4n) is 1.96. The fourth-order valence-corrected chi connectivity index (χ4v) is 2.40. The zero-order valence-electron chi connectivity index (χ0n) is 11.1. The van der Waals surface area contributed by atoms with Crippen LogP contribution < -0.4 is 0 Å². The highest BCUT2D eigenvalue weighted by molar-refractivity contribution is 9.10. The number of aromatic nitrogens is 1. The summed E-state index contributed by atoms with van der Waals surface area (Å²) in [7, 11) is 0. The van der Waals surface area contributed by atoms with Crippen LogP contribution in [0, 0.1) is 0 Å². The summed E-state index contributed by atoms with van der Waals surface area (Å²) in [5.74, 6) is 0. The molecule has 1 aromatic heterocycles. The molecule has 2 aromatic rings. The molecule has 2 heteroatoms. The van der Waals surface area contributed by atoms with Crippen LogP contribution in [0.1, 0.15) is 19.4 Å². The molecule has 0 bridgehead atoms. The van der Waals surface area contributed by atoms with Crippen LogP contribution in [0.5, 0.6) is 0 Å². The molecule has 0 spiro atoms. The molecule has 0 N–H and O–H groups in total. The molecule has 1 heterocycles. The van der Waals surface area contributed by atoms with Gasteiger partial charge < -0.3 is 0 Å². The van der Waals surface area contributed by atoms with Crippen LogP contribution in [0.3, 0.4) is 0 Å². The Morgan fingerprint density at radius 1 is 1.11 bits per heavy atom. The van der Waals surface area contributed by atoms with Crippen molar-refractivity contribution in [3.63, 3.8) is 0 Å². The summed E-state index contributed by atoms with van der Waals surface area (Å²) in [5.41, 5.74) is 4.47. The summed E-state index contributed by atoms with van der Waals surface area (Å²) in [6.07, 6.45) is 6.26. The number of rotatable bonds is 3. The number of halogens is 1. The van der Waals surface area contributed by atoms with E-state index in [2.05, 4.69) is 51.3 Å². The largest absolute Gasteiger partial charge is 0.241 e. The first-order valence-corrected chi connectivity index (χ1v) is 7.06. The number of nitrogens with zero attached hydrogens (tertiary/aromatic N) is 1. The maximum absolute atomic E-state index is 4.55. The molecule has 19 heavy (non-hydrogen) atoms. The van der Waals surface area contributed by atoms with Gasteiger partial charge in [-0.25, -0.2) is 4.98 Å². The number of allylic oxidation sites excluding steroid dienone is 4. The Bertz CT molecular complexity index is 612. The number of pyridine rings is 1. The Morgan fingerprint density at radius 2 is 1.84 bits per heavy atom. The Morgan fingerprint density at radius 3 is 2.47 bits per heavy atom. The third-order valence-corrected chi connectivity index (χ3v) is 3.26. The molecule has 0 saturated heterocycles. The molecule has 2 rings (SSSR count). The van der Waals surface area contributed by atoms with Gasteiger partial charge in [-0.3, -0.25) is 0 Å². The van der Waals surface area contributed by atoms with Gasteiger partial charge in [0.1, 0.15) is 4.60 Å². The Hall–Kier alpha value is -1.67. The summed E-state index contributed by atoms with van der Waals surface area (Å²) in [5, 5.41) is 0. The van der Waals surface area contributed by atoms with E-state index < -0.39 is 0 Å². The summed E-state index contributed by atoms with van der Waals surface area (Å²) in [4.78, 5) is 4.55. The van der Waals surface area contributed by atoms with Gasteiger partial charge in [0.2, 0.25) is 0 Å². The van der Waals surface area contributed by atoms with Crippen LogP contribution in [-0.4, -0.2) is 4.98 Å². The van der Waals surface area contributed by atoms with Crippen LogP contribution in [0.4, 0.5) is 0 Å². The molecule has 0 aliphatic rings. The third kappa shape index (κ3) is 3.42. The summed E-state index contributed by atoms with van der Waals surface area (Å²) in [6, 6.07) is 14.4. The predicted octanol–water partition coefficient (Wildman–Crippen LogP) is 5.49. The van der Waals surface area contributed by atoms with Gasteiger partial charge >= 0.3 is 0 Å². The minimum atomic E-state index is 0.854. The standard InChI is InChI=1S/C17H16BrN/c1-3-8-13(4-2)15-11-16(19-17(18)12-15)14-9-6-5-7-10-14/h3-12H,1-2H3/b8-3-,13-4+. The molecular weight excluding hydrogens is 298 g/mol. The van der Waals surface area contributed by atoms with Gasteiger partial charge in [0, 0.05) is 5.56 Å². The second kappa shape index (κ2) is 6.48. The molecule has 0 amide bonds. The minimum Gasteiger partial charge on any atom is -0.241 e. The van der Waals surface area contributed by atoms with Crippen molar-refractivity contribution in [2.45, 2.75) is 13.8 Å². The molecule has 0 aliphatic heterocycles. The second-order valence-corrected chi connectivity index (χ2v) is 4.99. The average molecular weight is 314 g/mol. The fraction of sp³-hybridized carbons (Fsp3) is 0.118. The maximum Gasteiger partial charge on any atom is 0.107 e. The van der Waals surface area contributed by atoms with E-state index in [1.165, 1.54) is 11.1 Å². The highest BCUT2D eigenvalue weighted by Crippen LogP contribution is 2.25. The van der Waals surface area contributed by atoms with E-state index in [-0.39, 0.29) is 0 Å². The van der Waals surface area contributed by atoms with Crippen LogP contribution in [0.2, 0.25) is 0 Å². The Kier molecular flexibility index (Phi) is 4.69. The molecule has 0 fully saturated rings. The van der Waals surface area contributed by atoms with Crippen molar-refractivity contribution in [3.05, 3.63) is 70.9 Å². The van der Waals surface area contributed by atoms with Crippen LogP contribution in [0.25, 0.3) is 16.8 Å². The van der Waals surface area contributed by atoms with E-state index in [9.17, 15) is 0 Å². The van der Waals surface area contributed by atoms with Gasteiger partial charge in [0.05, 0.1) is 5.69 Å². The normalized spacial score (nSPS) is 12.1. The van der Waals surface area contributed by atoms with Crippen LogP contribution in [-0.2, 0) is 0 Å². The molecular formula is C17H16BrN. The van der Waals surface area contributed by atoms with Gasteiger partial charge in [-0.15, -0.1) is 0 Å². The first kappa shape index (κ1) is 13.8. The zero-order chi connectivity index (χ0) is 13.7. The highest BCUT2D eigenvalue weighted by Gasteiger charge is 2.05. The van der Waals surface area contributed by atoms with Crippen molar-refractivity contribution in [2.24, 2.45) is 0 Å². The predicted molar refractivity (Wildman–Crippen MR) is 85.8 cm³/mol. The zero-order valence-corrected chi connectivity index (χ0v) is 12.7. The van der Waals surface area contributed by atoms with Crippen LogP contribution in [0.15, 0.2) is 65.3 Å². The van der Waals surface area contributed by atoms with Crippen molar-refractivity contribution in [1.29, 1.82) is 0 Å². The lowest BCUT2D eigenvalue weighted by atomic mass is 10.0. The lowest BCUT2D eigenvalue weighted by Crippen LogP contribution is -1.89. The van der Waals surface area contributed by atoms with Crippen molar-refractivity contribution in [3.8, 4) is 11.3 Å². The topological polar surface area (TPSA) is 12.9 Å². The smallest absolute Gasteiger partial charge is 0.107 e. The summed E-state index contributed by atoms with van der Waals surface area (Å²) in [6.45, 7) is 4.07. The lowest BCUT2D eigenvalue weighted by Gasteiger charge is -2.07. The quantitative estimate of drug-likeness (QED) is 0.539. The monoisotopic (exact) mass is 313 g/mol. The van der Waals surface area contributed by atoms with Gasteiger partial charge in [0.25, 0.3) is 0 Å². The van der Waals surface area contributed by atoms with Gasteiger partial charge in [-0.05, 0) is 53.0 Å².